The molecule has 1 aliphatic rings. The van der Waals surface area contributed by atoms with Gasteiger partial charge in [0.25, 0.3) is 0 Å². The molecule has 3 atom stereocenters. The molecule has 0 aliphatic heterocycles. The Kier molecular flexibility index (Phi) is 8.33. The minimum Gasteiger partial charge on any atom is -0.385 e. The Morgan fingerprint density at radius 1 is 1.41 bits per heavy atom. The fourth-order valence-electron chi connectivity index (χ4n) is 2.53. The summed E-state index contributed by atoms with van der Waals surface area (Å²) >= 11 is 2.19. The molecule has 3 heteroatoms. The molecule has 1 N–H and O–H groups in total. The van der Waals surface area contributed by atoms with E-state index in [0.29, 0.717) is 0 Å². The molecular formula is C14H29NOS. The predicted molar refractivity (Wildman–Crippen MR) is 77.8 cm³/mol. The van der Waals surface area contributed by atoms with Crippen LogP contribution in [0.3, 0.4) is 0 Å². The number of ether oxygens (including phenoxy) is 1. The van der Waals surface area contributed by atoms with E-state index in [0.717, 1.165) is 42.5 Å². The predicted octanol–water partition coefficient (Wildman–Crippen LogP) is 3.31. The third-order valence-corrected chi connectivity index (χ3v) is 4.89. The van der Waals surface area contributed by atoms with Gasteiger partial charge in [0.15, 0.2) is 0 Å². The van der Waals surface area contributed by atoms with E-state index in [2.05, 4.69) is 30.9 Å². The monoisotopic (exact) mass is 259 g/mol. The topological polar surface area (TPSA) is 21.3 Å². The van der Waals surface area contributed by atoms with Crippen LogP contribution in [0.25, 0.3) is 0 Å². The van der Waals surface area contributed by atoms with Crippen LogP contribution in [0.4, 0.5) is 0 Å². The highest BCUT2D eigenvalue weighted by atomic mass is 32.2. The zero-order chi connectivity index (χ0) is 12.5. The molecule has 0 heterocycles. The van der Waals surface area contributed by atoms with Gasteiger partial charge in [-0.3, -0.25) is 0 Å². The van der Waals surface area contributed by atoms with E-state index in [9.17, 15) is 0 Å². The largest absolute Gasteiger partial charge is 0.385 e. The molecule has 0 saturated heterocycles. The van der Waals surface area contributed by atoms with E-state index in [1.165, 1.54) is 25.7 Å². The van der Waals surface area contributed by atoms with Gasteiger partial charge < -0.3 is 10.1 Å². The molecule has 0 bridgehead atoms. The molecule has 1 fully saturated rings. The van der Waals surface area contributed by atoms with Crippen LogP contribution < -0.4 is 5.32 Å². The van der Waals surface area contributed by atoms with Crippen LogP contribution in [0, 0.1) is 5.92 Å². The van der Waals surface area contributed by atoms with Crippen molar-refractivity contribution in [2.75, 3.05) is 26.8 Å². The van der Waals surface area contributed by atoms with E-state index < -0.39 is 0 Å². The van der Waals surface area contributed by atoms with Gasteiger partial charge in [0.1, 0.15) is 0 Å². The number of rotatable bonds is 8. The quantitative estimate of drug-likeness (QED) is 0.676. The lowest BCUT2D eigenvalue weighted by molar-refractivity contribution is 0.194. The summed E-state index contributed by atoms with van der Waals surface area (Å²) in [5.41, 5.74) is 0. The molecule has 2 nitrogen and oxygen atoms in total. The molecular weight excluding hydrogens is 230 g/mol. The van der Waals surface area contributed by atoms with Crippen molar-refractivity contribution in [2.24, 2.45) is 5.92 Å². The molecule has 0 aromatic rings. The fourth-order valence-corrected chi connectivity index (χ4v) is 4.14. The first-order valence-corrected chi connectivity index (χ1v) is 8.01. The Hall–Kier alpha value is 0.270. The Morgan fingerprint density at radius 3 is 2.94 bits per heavy atom. The van der Waals surface area contributed by atoms with Gasteiger partial charge in [-0.15, -0.1) is 0 Å². The summed E-state index contributed by atoms with van der Waals surface area (Å²) in [5.74, 6) is 0.947. The summed E-state index contributed by atoms with van der Waals surface area (Å²) in [5, 5.41) is 5.17. The van der Waals surface area contributed by atoms with Crippen molar-refractivity contribution < 1.29 is 4.74 Å². The van der Waals surface area contributed by atoms with Crippen LogP contribution in [0.15, 0.2) is 0 Å². The van der Waals surface area contributed by atoms with Crippen LogP contribution in [-0.2, 0) is 4.74 Å². The number of hydrogen-bond donors (Lipinski definition) is 1. The fraction of sp³-hybridized carbons (Fsp3) is 1.00. The van der Waals surface area contributed by atoms with Crippen molar-refractivity contribution in [3.05, 3.63) is 0 Å². The smallest absolute Gasteiger partial charge is 0.0474 e. The van der Waals surface area contributed by atoms with Gasteiger partial charge >= 0.3 is 0 Å². The molecule has 0 aromatic carbocycles. The highest BCUT2D eigenvalue weighted by Crippen LogP contribution is 2.33. The van der Waals surface area contributed by atoms with Crippen molar-refractivity contribution in [1.29, 1.82) is 0 Å². The standard InChI is InChI=1S/C14H29NOS/c1-12-6-4-7-14(10-12)17-13(2)11-15-8-5-9-16-3/h12-15H,4-11H2,1-3H3. The van der Waals surface area contributed by atoms with Crippen molar-refractivity contribution >= 4 is 11.8 Å². The highest BCUT2D eigenvalue weighted by Gasteiger charge is 2.20. The zero-order valence-electron chi connectivity index (χ0n) is 11.7. The Labute approximate surface area is 111 Å². The first kappa shape index (κ1) is 15.3. The minimum atomic E-state index is 0.743. The zero-order valence-corrected chi connectivity index (χ0v) is 12.5. The van der Waals surface area contributed by atoms with Gasteiger partial charge in [-0.1, -0.05) is 26.7 Å². The normalized spacial score (nSPS) is 27.0. The molecule has 17 heavy (non-hydrogen) atoms. The summed E-state index contributed by atoms with van der Waals surface area (Å²) in [6, 6.07) is 0. The van der Waals surface area contributed by atoms with E-state index in [1.807, 2.05) is 0 Å². The SMILES string of the molecule is COCCCNCC(C)SC1CCCC(C)C1. The second-order valence-corrected chi connectivity index (χ2v) is 7.13. The molecule has 1 saturated carbocycles. The van der Waals surface area contributed by atoms with E-state index in [-0.39, 0.29) is 0 Å². The second kappa shape index (κ2) is 9.23. The summed E-state index contributed by atoms with van der Waals surface area (Å²) < 4.78 is 5.04. The minimum absolute atomic E-state index is 0.743. The van der Waals surface area contributed by atoms with Crippen molar-refractivity contribution in [1.82, 2.24) is 5.32 Å². The van der Waals surface area contributed by atoms with E-state index >= 15 is 0 Å². The lowest BCUT2D eigenvalue weighted by Gasteiger charge is -2.28. The van der Waals surface area contributed by atoms with Crippen LogP contribution >= 0.6 is 11.8 Å². The van der Waals surface area contributed by atoms with Crippen LogP contribution in [-0.4, -0.2) is 37.3 Å². The first-order valence-electron chi connectivity index (χ1n) is 7.07. The molecule has 3 unspecified atom stereocenters. The molecule has 102 valence electrons. The summed E-state index contributed by atoms with van der Waals surface area (Å²) in [6.07, 6.45) is 6.86. The van der Waals surface area contributed by atoms with Crippen LogP contribution in [0.1, 0.15) is 46.0 Å². The number of nitrogens with one attached hydrogen (secondary N) is 1. The Bertz CT molecular complexity index is 189. The maximum absolute atomic E-state index is 5.04. The summed E-state index contributed by atoms with van der Waals surface area (Å²) in [4.78, 5) is 0. The maximum Gasteiger partial charge on any atom is 0.0474 e. The van der Waals surface area contributed by atoms with E-state index in [1.54, 1.807) is 7.11 Å². The van der Waals surface area contributed by atoms with E-state index in [4.69, 9.17) is 4.74 Å². The highest BCUT2D eigenvalue weighted by molar-refractivity contribution is 8.00. The molecule has 0 radical (unpaired) electrons. The Morgan fingerprint density at radius 2 is 2.24 bits per heavy atom. The van der Waals surface area contributed by atoms with Crippen LogP contribution in [0.2, 0.25) is 0 Å². The molecule has 0 aromatic heterocycles. The maximum atomic E-state index is 5.04. The summed E-state index contributed by atoms with van der Waals surface area (Å²) in [7, 11) is 1.77. The lowest BCUT2D eigenvalue weighted by Crippen LogP contribution is -2.27. The second-order valence-electron chi connectivity index (χ2n) is 5.39. The van der Waals surface area contributed by atoms with Gasteiger partial charge in [-0.2, -0.15) is 11.8 Å². The van der Waals surface area contributed by atoms with Crippen LogP contribution in [0.5, 0.6) is 0 Å². The third-order valence-electron chi connectivity index (χ3n) is 3.45. The molecule has 1 rings (SSSR count). The average molecular weight is 259 g/mol. The van der Waals surface area contributed by atoms with Crippen molar-refractivity contribution in [3.63, 3.8) is 0 Å². The number of thioether (sulfide) groups is 1. The van der Waals surface area contributed by atoms with Gasteiger partial charge in [0, 0.05) is 30.8 Å². The first-order chi connectivity index (χ1) is 8.22. The third kappa shape index (κ3) is 7.32. The number of methoxy groups -OCH3 is 1. The average Bonchev–Trinajstić information content (AvgIpc) is 2.29. The number of hydrogen-bond acceptors (Lipinski definition) is 3. The molecule has 1 aliphatic carbocycles. The van der Waals surface area contributed by atoms with Crippen molar-refractivity contribution in [3.8, 4) is 0 Å². The molecule has 0 spiro atoms. The summed E-state index contributed by atoms with van der Waals surface area (Å²) in [6.45, 7) is 7.85. The molecule has 0 amide bonds. The van der Waals surface area contributed by atoms with Gasteiger partial charge in [-0.05, 0) is 31.7 Å². The van der Waals surface area contributed by atoms with Gasteiger partial charge in [0.2, 0.25) is 0 Å². The van der Waals surface area contributed by atoms with Crippen molar-refractivity contribution in [2.45, 2.75) is 56.5 Å². The van der Waals surface area contributed by atoms with Gasteiger partial charge in [-0.25, -0.2) is 0 Å². The lowest BCUT2D eigenvalue weighted by atomic mass is 9.91. The van der Waals surface area contributed by atoms with Gasteiger partial charge in [0.05, 0.1) is 0 Å². The Balaban J connectivity index is 2.01.